The predicted octanol–water partition coefficient (Wildman–Crippen LogP) is 3.70. The molecule has 0 amide bonds. The van der Waals surface area contributed by atoms with Crippen LogP contribution in [0.5, 0.6) is 0 Å². The molecule has 3 heteroatoms. The fourth-order valence-electron chi connectivity index (χ4n) is 2.50. The topological polar surface area (TPSA) is 41.6 Å². The first kappa shape index (κ1) is 16.4. The van der Waals surface area contributed by atoms with E-state index in [4.69, 9.17) is 5.73 Å². The Morgan fingerprint density at radius 3 is 2.74 bits per heavy atom. The summed E-state index contributed by atoms with van der Waals surface area (Å²) in [5, 5.41) is 0. The van der Waals surface area contributed by atoms with Gasteiger partial charge in [0.05, 0.1) is 6.17 Å². The van der Waals surface area contributed by atoms with Crippen molar-refractivity contribution in [3.8, 4) is 0 Å². The van der Waals surface area contributed by atoms with Crippen LogP contribution in [-0.4, -0.2) is 30.0 Å². The maximum absolute atomic E-state index is 5.93. The van der Waals surface area contributed by atoms with E-state index in [1.54, 1.807) is 0 Å². The van der Waals surface area contributed by atoms with E-state index in [2.05, 4.69) is 29.0 Å². The maximum Gasteiger partial charge on any atom is 0.103 e. The number of nitrogens with two attached hydrogens (primary N) is 1. The molecular weight excluding hydrogens is 234 g/mol. The van der Waals surface area contributed by atoms with Gasteiger partial charge in [0.25, 0.3) is 0 Å². The fourth-order valence-corrected chi connectivity index (χ4v) is 2.50. The van der Waals surface area contributed by atoms with Gasteiger partial charge < -0.3 is 5.73 Å². The smallest absolute Gasteiger partial charge is 0.103 e. The summed E-state index contributed by atoms with van der Waals surface area (Å²) in [6.45, 7) is 5.20. The highest BCUT2D eigenvalue weighted by Crippen LogP contribution is 2.14. The second-order valence-corrected chi connectivity index (χ2v) is 5.50. The second-order valence-electron chi connectivity index (χ2n) is 5.50. The van der Waals surface area contributed by atoms with Crippen LogP contribution in [0.4, 0.5) is 0 Å². The zero-order chi connectivity index (χ0) is 13.9. The normalized spacial score (nSPS) is 21.5. The molecule has 2 N–H and O–H groups in total. The lowest BCUT2D eigenvalue weighted by Crippen LogP contribution is -2.43. The molecule has 0 saturated heterocycles. The van der Waals surface area contributed by atoms with Gasteiger partial charge in [0.1, 0.15) is 6.17 Å². The molecule has 0 aromatic rings. The Morgan fingerprint density at radius 1 is 1.26 bits per heavy atom. The first-order chi connectivity index (χ1) is 9.25. The number of hydrogen-bond donors (Lipinski definition) is 1. The summed E-state index contributed by atoms with van der Waals surface area (Å²) in [6, 6.07) is 0. The molecule has 0 radical (unpaired) electrons. The number of nitrogens with zero attached hydrogens (tertiary/aromatic N) is 2. The van der Waals surface area contributed by atoms with E-state index >= 15 is 0 Å². The molecule has 0 aromatic heterocycles. The Bertz CT molecular complexity index is 271. The fraction of sp³-hybridized carbons (Fsp3) is 0.812. The molecule has 2 atom stereocenters. The van der Waals surface area contributed by atoms with Crippen LogP contribution in [0.1, 0.15) is 65.2 Å². The first-order valence-electron chi connectivity index (χ1n) is 7.93. The van der Waals surface area contributed by atoms with Crippen molar-refractivity contribution in [3.05, 3.63) is 12.2 Å². The minimum atomic E-state index is 0.107. The molecule has 0 aliphatic carbocycles. The molecule has 0 aromatic carbocycles. The van der Waals surface area contributed by atoms with Gasteiger partial charge in [-0.3, -0.25) is 9.89 Å². The third-order valence-electron chi connectivity index (χ3n) is 3.71. The Kier molecular flexibility index (Phi) is 8.76. The SMILES string of the molecule is CCCCCCC/C=C/CCC1N=CCN1C(C)N. The van der Waals surface area contributed by atoms with Crippen molar-refractivity contribution in [1.29, 1.82) is 0 Å². The lowest BCUT2D eigenvalue weighted by atomic mass is 10.1. The van der Waals surface area contributed by atoms with Gasteiger partial charge in [0.2, 0.25) is 0 Å². The molecule has 0 fully saturated rings. The highest BCUT2D eigenvalue weighted by molar-refractivity contribution is 5.62. The van der Waals surface area contributed by atoms with Crippen molar-refractivity contribution in [2.45, 2.75) is 77.5 Å². The van der Waals surface area contributed by atoms with E-state index in [-0.39, 0.29) is 6.17 Å². The van der Waals surface area contributed by atoms with Gasteiger partial charge in [-0.05, 0) is 32.6 Å². The van der Waals surface area contributed by atoms with E-state index < -0.39 is 0 Å². The van der Waals surface area contributed by atoms with Crippen LogP contribution in [0.25, 0.3) is 0 Å². The summed E-state index contributed by atoms with van der Waals surface area (Å²) < 4.78 is 0. The van der Waals surface area contributed by atoms with E-state index in [1.165, 1.54) is 38.5 Å². The van der Waals surface area contributed by atoms with Gasteiger partial charge in [-0.15, -0.1) is 0 Å². The minimum Gasteiger partial charge on any atom is -0.316 e. The Balaban J connectivity index is 2.02. The standard InChI is InChI=1S/C16H31N3/c1-3-4-5-6-7-8-9-10-11-12-16-18-13-14-19(16)15(2)17/h9-10,13,15-16H,3-8,11-12,14,17H2,1-2H3/b10-9+. The summed E-state index contributed by atoms with van der Waals surface area (Å²) >= 11 is 0. The Morgan fingerprint density at radius 2 is 2.00 bits per heavy atom. The number of hydrogen-bond acceptors (Lipinski definition) is 3. The lowest BCUT2D eigenvalue weighted by molar-refractivity contribution is 0.186. The van der Waals surface area contributed by atoms with E-state index in [0.29, 0.717) is 6.17 Å². The molecule has 0 bridgehead atoms. The molecule has 1 heterocycles. The quantitative estimate of drug-likeness (QED) is 0.483. The highest BCUT2D eigenvalue weighted by atomic mass is 15.3. The van der Waals surface area contributed by atoms with Crippen molar-refractivity contribution < 1.29 is 0 Å². The van der Waals surface area contributed by atoms with Crippen LogP contribution in [0.3, 0.4) is 0 Å². The van der Waals surface area contributed by atoms with Crippen molar-refractivity contribution in [3.63, 3.8) is 0 Å². The van der Waals surface area contributed by atoms with Gasteiger partial charge in [-0.1, -0.05) is 44.8 Å². The van der Waals surface area contributed by atoms with Gasteiger partial charge in [-0.2, -0.15) is 0 Å². The second kappa shape index (κ2) is 10.2. The van der Waals surface area contributed by atoms with Gasteiger partial charge in [0, 0.05) is 12.8 Å². The molecule has 110 valence electrons. The lowest BCUT2D eigenvalue weighted by Gasteiger charge is -2.26. The van der Waals surface area contributed by atoms with Crippen molar-refractivity contribution in [2.24, 2.45) is 10.7 Å². The van der Waals surface area contributed by atoms with Gasteiger partial charge >= 0.3 is 0 Å². The van der Waals surface area contributed by atoms with Crippen LogP contribution >= 0.6 is 0 Å². The molecule has 1 aliphatic heterocycles. The summed E-state index contributed by atoms with van der Waals surface area (Å²) in [4.78, 5) is 6.74. The summed E-state index contributed by atoms with van der Waals surface area (Å²) in [5.74, 6) is 0. The van der Waals surface area contributed by atoms with Crippen molar-refractivity contribution >= 4 is 6.21 Å². The highest BCUT2D eigenvalue weighted by Gasteiger charge is 2.22. The largest absolute Gasteiger partial charge is 0.316 e. The minimum absolute atomic E-state index is 0.107. The third kappa shape index (κ3) is 6.88. The molecule has 2 unspecified atom stereocenters. The van der Waals surface area contributed by atoms with E-state index in [9.17, 15) is 0 Å². The molecule has 0 spiro atoms. The first-order valence-corrected chi connectivity index (χ1v) is 7.93. The zero-order valence-electron chi connectivity index (χ0n) is 12.7. The molecule has 1 aliphatic rings. The van der Waals surface area contributed by atoms with Crippen molar-refractivity contribution in [1.82, 2.24) is 4.90 Å². The monoisotopic (exact) mass is 265 g/mol. The van der Waals surface area contributed by atoms with Gasteiger partial charge in [0.15, 0.2) is 0 Å². The number of allylic oxidation sites excluding steroid dienone is 2. The molecule has 3 nitrogen and oxygen atoms in total. The van der Waals surface area contributed by atoms with Crippen LogP contribution in [-0.2, 0) is 0 Å². The molecule has 0 saturated carbocycles. The number of unbranched alkanes of at least 4 members (excludes halogenated alkanes) is 5. The average molecular weight is 265 g/mol. The molecule has 19 heavy (non-hydrogen) atoms. The van der Waals surface area contributed by atoms with Gasteiger partial charge in [-0.25, -0.2) is 0 Å². The van der Waals surface area contributed by atoms with Crippen LogP contribution in [0.2, 0.25) is 0 Å². The van der Waals surface area contributed by atoms with Crippen LogP contribution in [0, 0.1) is 0 Å². The third-order valence-corrected chi connectivity index (χ3v) is 3.71. The number of rotatable bonds is 10. The van der Waals surface area contributed by atoms with Crippen molar-refractivity contribution in [2.75, 3.05) is 6.54 Å². The van der Waals surface area contributed by atoms with Crippen LogP contribution < -0.4 is 5.73 Å². The zero-order valence-corrected chi connectivity index (χ0v) is 12.7. The molecular formula is C16H31N3. The van der Waals surface area contributed by atoms with Crippen LogP contribution in [0.15, 0.2) is 17.1 Å². The Labute approximate surface area is 119 Å². The summed E-state index contributed by atoms with van der Waals surface area (Å²) in [6.07, 6.45) is 17.3. The maximum atomic E-state index is 5.93. The van der Waals surface area contributed by atoms with E-state index in [1.807, 2.05) is 13.1 Å². The Hall–Kier alpha value is -0.670. The summed E-state index contributed by atoms with van der Waals surface area (Å²) in [5.41, 5.74) is 5.93. The summed E-state index contributed by atoms with van der Waals surface area (Å²) in [7, 11) is 0. The molecule has 1 rings (SSSR count). The number of aliphatic imine (C=N–C) groups is 1. The average Bonchev–Trinajstić information content (AvgIpc) is 2.85. The van der Waals surface area contributed by atoms with E-state index in [0.717, 1.165) is 19.4 Å². The predicted molar refractivity (Wildman–Crippen MR) is 84.4 cm³/mol.